The molecule has 0 heterocycles. The standard InChI is InChI=1S/C22H17BrCl2FN3O2/c23-19-9-14(1-8-21(19)31-13-15-2-3-16(24)10-20(15)25)11-28-29-22(30)12-27-18-6-4-17(26)5-7-18/h1-11,27H,12-13H2,(H,29,30)/b28-11-. The van der Waals surface area contributed by atoms with Gasteiger partial charge < -0.3 is 10.1 Å². The SMILES string of the molecule is O=C(CNc1ccc(F)cc1)N/N=C\c1ccc(OCc2ccc(Cl)cc2Cl)c(Br)c1. The van der Waals surface area contributed by atoms with Gasteiger partial charge in [-0.3, -0.25) is 4.79 Å². The first-order valence-corrected chi connectivity index (χ1v) is 10.6. The smallest absolute Gasteiger partial charge is 0.259 e. The lowest BCUT2D eigenvalue weighted by Gasteiger charge is -2.10. The fourth-order valence-electron chi connectivity index (χ4n) is 2.48. The van der Waals surface area contributed by atoms with Gasteiger partial charge in [0, 0.05) is 21.3 Å². The van der Waals surface area contributed by atoms with Crippen molar-refractivity contribution in [2.45, 2.75) is 6.61 Å². The van der Waals surface area contributed by atoms with Gasteiger partial charge in [0.1, 0.15) is 18.2 Å². The van der Waals surface area contributed by atoms with Gasteiger partial charge in [0.15, 0.2) is 0 Å². The molecule has 0 aliphatic carbocycles. The molecule has 1 amide bonds. The van der Waals surface area contributed by atoms with E-state index in [1.165, 1.54) is 18.3 Å². The van der Waals surface area contributed by atoms with Crippen LogP contribution in [-0.2, 0) is 11.4 Å². The molecule has 0 bridgehead atoms. The molecule has 0 aliphatic rings. The van der Waals surface area contributed by atoms with Crippen molar-refractivity contribution in [2.24, 2.45) is 5.10 Å². The second-order valence-corrected chi connectivity index (χ2v) is 8.07. The molecule has 3 aromatic carbocycles. The van der Waals surface area contributed by atoms with E-state index in [4.69, 9.17) is 27.9 Å². The molecular weight excluding hydrogens is 508 g/mol. The Morgan fingerprint density at radius 2 is 1.87 bits per heavy atom. The average Bonchev–Trinajstić information content (AvgIpc) is 2.74. The van der Waals surface area contributed by atoms with Crippen LogP contribution < -0.4 is 15.5 Å². The van der Waals surface area contributed by atoms with Crippen molar-refractivity contribution in [3.8, 4) is 5.75 Å². The summed E-state index contributed by atoms with van der Waals surface area (Å²) in [7, 11) is 0. The van der Waals surface area contributed by atoms with E-state index in [1.807, 2.05) is 12.1 Å². The van der Waals surface area contributed by atoms with Gasteiger partial charge in [0.05, 0.1) is 17.2 Å². The lowest BCUT2D eigenvalue weighted by atomic mass is 10.2. The van der Waals surface area contributed by atoms with Crippen LogP contribution in [0.3, 0.4) is 0 Å². The Balaban J connectivity index is 1.49. The Morgan fingerprint density at radius 1 is 1.10 bits per heavy atom. The van der Waals surface area contributed by atoms with Crippen molar-refractivity contribution in [2.75, 3.05) is 11.9 Å². The zero-order valence-corrected chi connectivity index (χ0v) is 19.1. The molecule has 0 saturated heterocycles. The third kappa shape index (κ3) is 7.24. The summed E-state index contributed by atoms with van der Waals surface area (Å²) in [4.78, 5) is 11.9. The second kappa shape index (κ2) is 11.1. The number of nitrogens with one attached hydrogen (secondary N) is 2. The lowest BCUT2D eigenvalue weighted by Crippen LogP contribution is -2.25. The summed E-state index contributed by atoms with van der Waals surface area (Å²) in [6.07, 6.45) is 1.51. The Morgan fingerprint density at radius 3 is 2.58 bits per heavy atom. The summed E-state index contributed by atoms with van der Waals surface area (Å²) in [6, 6.07) is 16.4. The van der Waals surface area contributed by atoms with E-state index in [1.54, 1.807) is 36.4 Å². The fourth-order valence-corrected chi connectivity index (χ4v) is 3.45. The first kappa shape index (κ1) is 23.1. The van der Waals surface area contributed by atoms with Crippen LogP contribution in [0.4, 0.5) is 10.1 Å². The van der Waals surface area contributed by atoms with E-state index in [9.17, 15) is 9.18 Å². The zero-order valence-electron chi connectivity index (χ0n) is 16.0. The summed E-state index contributed by atoms with van der Waals surface area (Å²) in [5.41, 5.74) is 4.64. The van der Waals surface area contributed by atoms with Crippen molar-refractivity contribution in [1.82, 2.24) is 5.43 Å². The number of anilines is 1. The highest BCUT2D eigenvalue weighted by Crippen LogP contribution is 2.28. The van der Waals surface area contributed by atoms with Gasteiger partial charge in [-0.1, -0.05) is 29.3 Å². The van der Waals surface area contributed by atoms with Crippen LogP contribution in [-0.4, -0.2) is 18.7 Å². The van der Waals surface area contributed by atoms with Crippen LogP contribution in [0.2, 0.25) is 10.0 Å². The van der Waals surface area contributed by atoms with Crippen LogP contribution in [0.1, 0.15) is 11.1 Å². The molecule has 3 rings (SSSR count). The number of carbonyl (C=O) groups is 1. The summed E-state index contributed by atoms with van der Waals surface area (Å²) in [5.74, 6) is -0.0360. The number of rotatable bonds is 8. The van der Waals surface area contributed by atoms with Gasteiger partial charge in [-0.05, 0) is 76.1 Å². The van der Waals surface area contributed by atoms with Gasteiger partial charge >= 0.3 is 0 Å². The quantitative estimate of drug-likeness (QED) is 0.279. The third-order valence-electron chi connectivity index (χ3n) is 4.05. The molecule has 0 aliphatic heterocycles. The molecule has 2 N–H and O–H groups in total. The molecule has 0 spiro atoms. The van der Waals surface area contributed by atoms with Crippen molar-refractivity contribution in [1.29, 1.82) is 0 Å². The van der Waals surface area contributed by atoms with E-state index < -0.39 is 0 Å². The number of hydrogen-bond acceptors (Lipinski definition) is 4. The van der Waals surface area contributed by atoms with Crippen LogP contribution in [0.25, 0.3) is 0 Å². The molecule has 0 atom stereocenters. The van der Waals surface area contributed by atoms with Gasteiger partial charge in [-0.25, -0.2) is 9.82 Å². The fraction of sp³-hybridized carbons (Fsp3) is 0.0909. The Labute approximate surface area is 197 Å². The summed E-state index contributed by atoms with van der Waals surface area (Å²) < 4.78 is 19.4. The van der Waals surface area contributed by atoms with E-state index >= 15 is 0 Å². The van der Waals surface area contributed by atoms with Crippen molar-refractivity contribution >= 4 is 56.9 Å². The lowest BCUT2D eigenvalue weighted by molar-refractivity contribution is -0.119. The highest BCUT2D eigenvalue weighted by Gasteiger charge is 2.06. The van der Waals surface area contributed by atoms with Crippen LogP contribution in [0, 0.1) is 5.82 Å². The number of nitrogens with zero attached hydrogens (tertiary/aromatic N) is 1. The van der Waals surface area contributed by atoms with Gasteiger partial charge in [0.25, 0.3) is 5.91 Å². The Bertz CT molecular complexity index is 1090. The predicted octanol–water partition coefficient (Wildman–Crippen LogP) is 6.04. The number of halogens is 4. The highest BCUT2D eigenvalue weighted by molar-refractivity contribution is 9.10. The molecule has 5 nitrogen and oxygen atoms in total. The van der Waals surface area contributed by atoms with Crippen LogP contribution in [0.5, 0.6) is 5.75 Å². The monoisotopic (exact) mass is 523 g/mol. The third-order valence-corrected chi connectivity index (χ3v) is 5.26. The van der Waals surface area contributed by atoms with Crippen molar-refractivity contribution in [3.05, 3.63) is 92.1 Å². The van der Waals surface area contributed by atoms with E-state index in [-0.39, 0.29) is 18.3 Å². The molecule has 31 heavy (non-hydrogen) atoms. The maximum absolute atomic E-state index is 12.9. The molecule has 160 valence electrons. The average molecular weight is 525 g/mol. The molecule has 9 heteroatoms. The molecule has 0 fully saturated rings. The molecule has 0 radical (unpaired) electrons. The van der Waals surface area contributed by atoms with Gasteiger partial charge in [-0.15, -0.1) is 0 Å². The van der Waals surface area contributed by atoms with Crippen molar-refractivity contribution in [3.63, 3.8) is 0 Å². The van der Waals surface area contributed by atoms with Gasteiger partial charge in [0.2, 0.25) is 0 Å². The predicted molar refractivity (Wildman–Crippen MR) is 126 cm³/mol. The number of ether oxygens (including phenoxy) is 1. The summed E-state index contributed by atoms with van der Waals surface area (Å²) in [5, 5.41) is 7.92. The molecule has 0 saturated carbocycles. The number of hydrazone groups is 1. The van der Waals surface area contributed by atoms with Gasteiger partial charge in [-0.2, -0.15) is 5.10 Å². The Hall–Kier alpha value is -2.61. The van der Waals surface area contributed by atoms with E-state index in [0.29, 0.717) is 28.1 Å². The maximum atomic E-state index is 12.9. The molecule has 3 aromatic rings. The molecule has 0 aromatic heterocycles. The van der Waals surface area contributed by atoms with Crippen LogP contribution >= 0.6 is 39.1 Å². The van der Waals surface area contributed by atoms with E-state index in [0.717, 1.165) is 15.6 Å². The summed E-state index contributed by atoms with van der Waals surface area (Å²) in [6.45, 7) is 0.297. The minimum atomic E-state index is -0.337. The molecule has 0 unspecified atom stereocenters. The zero-order chi connectivity index (χ0) is 22.2. The first-order valence-electron chi connectivity index (χ1n) is 9.08. The largest absolute Gasteiger partial charge is 0.488 e. The summed E-state index contributed by atoms with van der Waals surface area (Å²) >= 11 is 15.5. The number of benzene rings is 3. The number of amides is 1. The Kier molecular flexibility index (Phi) is 8.28. The normalized spacial score (nSPS) is 10.8. The second-order valence-electron chi connectivity index (χ2n) is 6.37. The highest BCUT2D eigenvalue weighted by atomic mass is 79.9. The van der Waals surface area contributed by atoms with Crippen molar-refractivity contribution < 1.29 is 13.9 Å². The number of carbonyl (C=O) groups excluding carboxylic acids is 1. The maximum Gasteiger partial charge on any atom is 0.259 e. The van der Waals surface area contributed by atoms with Crippen LogP contribution in [0.15, 0.2) is 70.2 Å². The minimum Gasteiger partial charge on any atom is -0.488 e. The topological polar surface area (TPSA) is 62.7 Å². The number of hydrogen-bond donors (Lipinski definition) is 2. The molecular formula is C22H17BrCl2FN3O2. The minimum absolute atomic E-state index is 0.00665. The van der Waals surface area contributed by atoms with E-state index in [2.05, 4.69) is 31.8 Å². The first-order chi connectivity index (χ1) is 14.9.